The molecule has 0 aromatic heterocycles. The van der Waals surface area contributed by atoms with Crippen molar-refractivity contribution < 1.29 is 79.4 Å². The van der Waals surface area contributed by atoms with Gasteiger partial charge in [0.05, 0.1) is 23.7 Å². The summed E-state index contributed by atoms with van der Waals surface area (Å²) in [7, 11) is 3.77. The Bertz CT molecular complexity index is 1760. The van der Waals surface area contributed by atoms with Gasteiger partial charge in [0.2, 0.25) is 0 Å². The third kappa shape index (κ3) is 8.35. The van der Waals surface area contributed by atoms with Crippen LogP contribution in [0.25, 0.3) is 0 Å². The number of nitrogens with zero attached hydrogens (tertiary/aromatic N) is 4. The van der Waals surface area contributed by atoms with Crippen LogP contribution in [0.2, 0.25) is 0 Å². The van der Waals surface area contributed by atoms with Gasteiger partial charge in [-0.2, -0.15) is 84.9 Å². The molecule has 3 aromatic rings. The van der Waals surface area contributed by atoms with Crippen LogP contribution in [0.5, 0.6) is 5.75 Å². The van der Waals surface area contributed by atoms with Gasteiger partial charge >= 0.3 is 47.6 Å². The summed E-state index contributed by atoms with van der Waals surface area (Å²) in [5.74, 6) is -56.6. The van der Waals surface area contributed by atoms with E-state index in [1.165, 1.54) is 30.5 Å². The number of hydrogen-bond acceptors (Lipinski definition) is 5. The second-order valence-corrected chi connectivity index (χ2v) is 11.6. The van der Waals surface area contributed by atoms with Gasteiger partial charge in [-0.15, -0.1) is 0 Å². The minimum Gasteiger partial charge on any atom is -0.494 e. The lowest BCUT2D eigenvalue weighted by Gasteiger charge is -2.42. The maximum atomic E-state index is 14.1. The summed E-state index contributed by atoms with van der Waals surface area (Å²) in [4.78, 5) is 6.13. The number of aliphatic imine (C=N–C) groups is 1. The van der Waals surface area contributed by atoms with E-state index >= 15 is 0 Å². The maximum Gasteiger partial charge on any atom is 0.460 e. The molecule has 54 heavy (non-hydrogen) atoms. The number of alkyl halides is 17. The number of hydrogen-bond donors (Lipinski definition) is 0. The quantitative estimate of drug-likeness (QED) is 0.0627. The van der Waals surface area contributed by atoms with Crippen molar-refractivity contribution in [3.63, 3.8) is 0 Å². The Balaban J connectivity index is 1.59. The van der Waals surface area contributed by atoms with E-state index in [2.05, 4.69) is 15.2 Å². The summed E-state index contributed by atoms with van der Waals surface area (Å²) in [6.45, 7) is -1.04. The summed E-state index contributed by atoms with van der Waals surface area (Å²) in [5.41, 5.74) is 3.00. The molecule has 3 aromatic carbocycles. The maximum absolute atomic E-state index is 14.1. The summed E-state index contributed by atoms with van der Waals surface area (Å²) >= 11 is 0. The molecule has 0 spiro atoms. The molecular weight excluding hydrogens is 779 g/mol. The van der Waals surface area contributed by atoms with E-state index in [0.717, 1.165) is 5.69 Å². The van der Waals surface area contributed by atoms with Gasteiger partial charge in [-0.3, -0.25) is 4.99 Å². The summed E-state index contributed by atoms with van der Waals surface area (Å²) in [6, 6.07) is 18.9. The molecule has 0 saturated carbocycles. The third-order valence-corrected chi connectivity index (χ3v) is 7.43. The van der Waals surface area contributed by atoms with Gasteiger partial charge in [0.1, 0.15) is 5.75 Å². The first kappa shape index (κ1) is 43.7. The van der Waals surface area contributed by atoms with E-state index in [9.17, 15) is 74.6 Å². The Kier molecular flexibility index (Phi) is 12.3. The van der Waals surface area contributed by atoms with E-state index in [-0.39, 0.29) is 5.75 Å². The standard InChI is InChI=1S/C32H25F17N4O/c1-53(2)23-12-10-22(11-13-23)52-51-21-8-6-20(7-9-21)50-18-19-4-14-24(15-5-19)54-17-3-16-25(33,34)26(35,36)27(37,38)28(39,40)29(41,42)30(43,44)31(45,46)32(47,48)49/h4-15,18H,3,16-17H2,1-2H3. The first-order chi connectivity index (χ1) is 24.5. The fourth-order valence-corrected chi connectivity index (χ4v) is 4.18. The van der Waals surface area contributed by atoms with Crippen LogP contribution < -0.4 is 9.64 Å². The largest absolute Gasteiger partial charge is 0.494 e. The minimum atomic E-state index is -8.65. The summed E-state index contributed by atoms with van der Waals surface area (Å²) in [5, 5.41) is 8.26. The molecule has 0 saturated heterocycles. The molecule has 0 unspecified atom stereocenters. The van der Waals surface area contributed by atoms with Crippen LogP contribution in [0, 0.1) is 0 Å². The van der Waals surface area contributed by atoms with Crippen LogP contribution in [0.1, 0.15) is 18.4 Å². The van der Waals surface area contributed by atoms with Gasteiger partial charge in [-0.25, -0.2) is 0 Å². The van der Waals surface area contributed by atoms with Crippen LogP contribution in [-0.2, 0) is 0 Å². The molecule has 5 nitrogen and oxygen atoms in total. The van der Waals surface area contributed by atoms with Crippen molar-refractivity contribution in [1.29, 1.82) is 0 Å². The van der Waals surface area contributed by atoms with Crippen LogP contribution in [0.3, 0.4) is 0 Å². The van der Waals surface area contributed by atoms with E-state index in [4.69, 9.17) is 4.74 Å². The lowest BCUT2D eigenvalue weighted by molar-refractivity contribution is -0.461. The van der Waals surface area contributed by atoms with E-state index in [1.54, 1.807) is 36.4 Å². The molecule has 0 amide bonds. The Labute approximate surface area is 294 Å². The van der Waals surface area contributed by atoms with Crippen LogP contribution in [-0.4, -0.2) is 74.6 Å². The average Bonchev–Trinajstić information content (AvgIpc) is 3.08. The molecule has 0 N–H and O–H groups in total. The highest BCUT2D eigenvalue weighted by Gasteiger charge is 2.95. The van der Waals surface area contributed by atoms with Crippen molar-refractivity contribution in [1.82, 2.24) is 0 Å². The zero-order valence-electron chi connectivity index (χ0n) is 27.2. The smallest absolute Gasteiger partial charge is 0.460 e. The predicted octanol–water partition coefficient (Wildman–Crippen LogP) is 12.1. The van der Waals surface area contributed by atoms with Gasteiger partial charge in [0.25, 0.3) is 0 Å². The minimum absolute atomic E-state index is 0.155. The molecule has 0 aliphatic carbocycles. The SMILES string of the molecule is CN(C)c1ccc(N=Nc2ccc(N=Cc3ccc(OCCCC(F)(F)C(F)(F)C(F)(F)C(F)(F)C(F)(F)C(F)(F)C(F)(F)C(F)(F)F)cc3)cc2)cc1. The fraction of sp³-hybridized carbons (Fsp3) is 0.406. The number of ether oxygens (including phenoxy) is 1. The van der Waals surface area contributed by atoms with Crippen LogP contribution in [0.4, 0.5) is 97.4 Å². The van der Waals surface area contributed by atoms with Crippen molar-refractivity contribution in [3.8, 4) is 5.75 Å². The Morgan fingerprint density at radius 3 is 1.37 bits per heavy atom. The zero-order valence-corrected chi connectivity index (χ0v) is 27.2. The Morgan fingerprint density at radius 1 is 0.519 bits per heavy atom. The molecule has 3 rings (SSSR count). The van der Waals surface area contributed by atoms with Gasteiger partial charge < -0.3 is 9.64 Å². The van der Waals surface area contributed by atoms with Crippen molar-refractivity contribution in [2.45, 2.75) is 60.5 Å². The Morgan fingerprint density at radius 2 is 0.926 bits per heavy atom. The highest BCUT2D eigenvalue weighted by molar-refractivity contribution is 5.82. The van der Waals surface area contributed by atoms with Crippen molar-refractivity contribution in [2.24, 2.45) is 15.2 Å². The van der Waals surface area contributed by atoms with Crippen LogP contribution in [0.15, 0.2) is 88.0 Å². The predicted molar refractivity (Wildman–Crippen MR) is 160 cm³/mol. The van der Waals surface area contributed by atoms with Gasteiger partial charge in [0.15, 0.2) is 0 Å². The number of halogens is 17. The van der Waals surface area contributed by atoms with E-state index in [1.807, 2.05) is 31.1 Å². The highest BCUT2D eigenvalue weighted by atomic mass is 19.4. The number of benzene rings is 3. The molecule has 0 atom stereocenters. The molecule has 22 heteroatoms. The summed E-state index contributed by atoms with van der Waals surface area (Å²) < 4.78 is 233. The van der Waals surface area contributed by atoms with Gasteiger partial charge in [-0.1, -0.05) is 0 Å². The summed E-state index contributed by atoms with van der Waals surface area (Å²) in [6.07, 6.45) is -10.4. The number of anilines is 1. The third-order valence-electron chi connectivity index (χ3n) is 7.43. The number of rotatable bonds is 16. The lowest BCUT2D eigenvalue weighted by Crippen LogP contribution is -2.74. The second-order valence-electron chi connectivity index (χ2n) is 11.6. The zero-order chi connectivity index (χ0) is 41.2. The Hall–Kier alpha value is -4.66. The second kappa shape index (κ2) is 15.2. The topological polar surface area (TPSA) is 49.5 Å². The molecule has 0 radical (unpaired) electrons. The van der Waals surface area contributed by atoms with Gasteiger partial charge in [-0.05, 0) is 84.8 Å². The average molecular weight is 805 g/mol. The van der Waals surface area contributed by atoms with E-state index < -0.39 is 67.1 Å². The van der Waals surface area contributed by atoms with Crippen molar-refractivity contribution in [3.05, 3.63) is 78.4 Å². The molecule has 0 fully saturated rings. The molecule has 0 aliphatic rings. The van der Waals surface area contributed by atoms with Gasteiger partial charge in [0, 0.05) is 32.4 Å². The van der Waals surface area contributed by atoms with Crippen LogP contribution >= 0.6 is 0 Å². The first-order valence-corrected chi connectivity index (χ1v) is 14.8. The first-order valence-electron chi connectivity index (χ1n) is 14.8. The number of azo groups is 1. The molecule has 0 bridgehead atoms. The normalized spacial score (nSPS) is 14.3. The highest BCUT2D eigenvalue weighted by Crippen LogP contribution is 2.64. The lowest BCUT2D eigenvalue weighted by atomic mass is 9.88. The van der Waals surface area contributed by atoms with Crippen molar-refractivity contribution >= 4 is 29.0 Å². The molecular formula is C32H25F17N4O. The van der Waals surface area contributed by atoms with E-state index in [0.29, 0.717) is 22.6 Å². The monoisotopic (exact) mass is 804 g/mol. The molecule has 0 heterocycles. The molecule has 0 aliphatic heterocycles. The van der Waals surface area contributed by atoms with Crippen molar-refractivity contribution in [2.75, 3.05) is 25.6 Å². The fourth-order valence-electron chi connectivity index (χ4n) is 4.18. The molecule has 298 valence electrons.